The van der Waals surface area contributed by atoms with E-state index in [9.17, 15) is 22.8 Å². The Morgan fingerprint density at radius 3 is 2.44 bits per heavy atom. The molecule has 0 saturated carbocycles. The number of benzene rings is 3. The molecule has 1 N–H and O–H groups in total. The Hall–Kier alpha value is -4.07. The van der Waals surface area contributed by atoms with E-state index in [-0.39, 0.29) is 34.8 Å². The van der Waals surface area contributed by atoms with E-state index < -0.39 is 29.0 Å². The average Bonchev–Trinajstić information content (AvgIpc) is 3.13. The van der Waals surface area contributed by atoms with Crippen LogP contribution < -0.4 is 10.1 Å². The van der Waals surface area contributed by atoms with Crippen molar-refractivity contribution >= 4 is 28.3 Å². The van der Waals surface area contributed by atoms with Gasteiger partial charge in [-0.15, -0.1) is 0 Å². The van der Waals surface area contributed by atoms with Crippen molar-refractivity contribution in [2.75, 3.05) is 5.32 Å². The van der Waals surface area contributed by atoms with E-state index in [1.54, 1.807) is 38.1 Å². The fraction of sp³-hybridized carbons (Fsp3) is 0.154. The summed E-state index contributed by atoms with van der Waals surface area (Å²) in [5.41, 5.74) is 0.231. The second-order valence-corrected chi connectivity index (χ2v) is 8.39. The van der Waals surface area contributed by atoms with Crippen molar-refractivity contribution in [3.05, 3.63) is 94.5 Å². The molecule has 2 heterocycles. The van der Waals surface area contributed by atoms with Crippen LogP contribution >= 0.6 is 0 Å². The highest BCUT2D eigenvalue weighted by atomic mass is 19.1. The molecule has 0 spiro atoms. The number of ether oxygens (including phenoxy) is 1. The smallest absolute Gasteiger partial charge is 0.291 e. The van der Waals surface area contributed by atoms with E-state index in [0.29, 0.717) is 22.3 Å². The fourth-order valence-electron chi connectivity index (χ4n) is 4.31. The standard InChI is InChI=1S/C26H18F3NO4/c1-13-22-20(33-24(13)25(32)30-18-11-16(28)7-8-17(18)29)9-10-21-23(22)19(31)12-26(2,34-21)14-3-5-15(27)6-4-14/h3-11H,12H2,1-2H3,(H,30,32). The number of hydrogen-bond donors (Lipinski definition) is 1. The molecule has 5 nitrogen and oxygen atoms in total. The number of amides is 1. The van der Waals surface area contributed by atoms with Crippen molar-refractivity contribution < 1.29 is 31.9 Å². The second-order valence-electron chi connectivity index (χ2n) is 8.39. The molecule has 8 heteroatoms. The van der Waals surface area contributed by atoms with E-state index in [4.69, 9.17) is 9.15 Å². The minimum absolute atomic E-state index is 0.00853. The lowest BCUT2D eigenvalue weighted by Gasteiger charge is -2.35. The zero-order chi connectivity index (χ0) is 24.2. The fourth-order valence-corrected chi connectivity index (χ4v) is 4.31. The Balaban J connectivity index is 1.54. The van der Waals surface area contributed by atoms with Gasteiger partial charge in [-0.25, -0.2) is 13.2 Å². The summed E-state index contributed by atoms with van der Waals surface area (Å²) in [6.45, 7) is 3.35. The van der Waals surface area contributed by atoms with Gasteiger partial charge in [0.1, 0.15) is 34.4 Å². The van der Waals surface area contributed by atoms with Gasteiger partial charge in [0.25, 0.3) is 5.91 Å². The molecule has 0 fully saturated rings. The first kappa shape index (κ1) is 21.8. The van der Waals surface area contributed by atoms with Crippen LogP contribution in [0.4, 0.5) is 18.9 Å². The molecule has 0 aliphatic carbocycles. The van der Waals surface area contributed by atoms with Gasteiger partial charge in [0, 0.05) is 17.0 Å². The molecule has 1 aliphatic rings. The Morgan fingerprint density at radius 2 is 1.71 bits per heavy atom. The summed E-state index contributed by atoms with van der Waals surface area (Å²) in [5.74, 6) is -2.74. The molecule has 1 unspecified atom stereocenters. The van der Waals surface area contributed by atoms with Gasteiger partial charge in [-0.2, -0.15) is 0 Å². The van der Waals surface area contributed by atoms with Gasteiger partial charge in [0.15, 0.2) is 11.5 Å². The van der Waals surface area contributed by atoms with Gasteiger partial charge in [-0.1, -0.05) is 12.1 Å². The minimum Gasteiger partial charge on any atom is -0.482 e. The summed E-state index contributed by atoms with van der Waals surface area (Å²) in [6.07, 6.45) is -0.00853. The normalized spacial score (nSPS) is 17.4. The topological polar surface area (TPSA) is 68.5 Å². The van der Waals surface area contributed by atoms with Crippen LogP contribution in [0.25, 0.3) is 11.0 Å². The summed E-state index contributed by atoms with van der Waals surface area (Å²) in [5, 5.41) is 2.72. The van der Waals surface area contributed by atoms with E-state index >= 15 is 0 Å². The predicted molar refractivity (Wildman–Crippen MR) is 119 cm³/mol. The number of carbonyl (C=O) groups excluding carboxylic acids is 2. The third-order valence-electron chi connectivity index (χ3n) is 6.01. The zero-order valence-corrected chi connectivity index (χ0v) is 18.2. The van der Waals surface area contributed by atoms with Crippen molar-refractivity contribution in [1.82, 2.24) is 0 Å². The molecular formula is C26H18F3NO4. The molecule has 0 radical (unpaired) electrons. The van der Waals surface area contributed by atoms with Crippen molar-refractivity contribution in [1.29, 1.82) is 0 Å². The number of ketones is 1. The van der Waals surface area contributed by atoms with Crippen molar-refractivity contribution in [2.45, 2.75) is 25.9 Å². The lowest BCUT2D eigenvalue weighted by atomic mass is 9.84. The number of halogens is 3. The van der Waals surface area contributed by atoms with Crippen molar-refractivity contribution in [3.63, 3.8) is 0 Å². The third-order valence-corrected chi connectivity index (χ3v) is 6.01. The second kappa shape index (κ2) is 7.76. The maximum Gasteiger partial charge on any atom is 0.291 e. The Kier molecular flexibility index (Phi) is 4.97. The molecule has 3 aromatic carbocycles. The third kappa shape index (κ3) is 3.51. The first-order chi connectivity index (χ1) is 16.2. The molecule has 34 heavy (non-hydrogen) atoms. The summed E-state index contributed by atoms with van der Waals surface area (Å²) in [7, 11) is 0. The largest absolute Gasteiger partial charge is 0.482 e. The summed E-state index contributed by atoms with van der Waals surface area (Å²) in [6, 6.07) is 11.6. The van der Waals surface area contributed by atoms with Gasteiger partial charge in [-0.3, -0.25) is 9.59 Å². The number of rotatable bonds is 3. The van der Waals surface area contributed by atoms with E-state index in [0.717, 1.165) is 18.2 Å². The molecule has 1 atom stereocenters. The molecule has 4 aromatic rings. The van der Waals surface area contributed by atoms with Crippen LogP contribution in [-0.2, 0) is 5.60 Å². The van der Waals surface area contributed by atoms with E-state index in [2.05, 4.69) is 5.32 Å². The number of fused-ring (bicyclic) bond motifs is 3. The van der Waals surface area contributed by atoms with E-state index in [1.165, 1.54) is 12.1 Å². The van der Waals surface area contributed by atoms with Crippen LogP contribution in [0, 0.1) is 24.4 Å². The van der Waals surface area contributed by atoms with Crippen LogP contribution in [0.3, 0.4) is 0 Å². The van der Waals surface area contributed by atoms with Crippen LogP contribution in [0.1, 0.15) is 45.4 Å². The lowest BCUT2D eigenvalue weighted by Crippen LogP contribution is -2.36. The van der Waals surface area contributed by atoms with Crippen molar-refractivity contribution in [2.24, 2.45) is 0 Å². The summed E-state index contributed by atoms with van der Waals surface area (Å²) in [4.78, 5) is 26.1. The molecule has 1 aliphatic heterocycles. The summed E-state index contributed by atoms with van der Waals surface area (Å²) < 4.78 is 52.7. The maximum absolute atomic E-state index is 14.0. The van der Waals surface area contributed by atoms with Crippen molar-refractivity contribution in [3.8, 4) is 5.75 Å². The Morgan fingerprint density at radius 1 is 1.00 bits per heavy atom. The van der Waals surface area contributed by atoms with Crippen LogP contribution in [0.5, 0.6) is 5.75 Å². The Bertz CT molecular complexity index is 1480. The highest BCUT2D eigenvalue weighted by Gasteiger charge is 2.40. The van der Waals surface area contributed by atoms with Crippen LogP contribution in [-0.4, -0.2) is 11.7 Å². The Labute approximate surface area is 192 Å². The molecule has 5 rings (SSSR count). The van der Waals surface area contributed by atoms with Gasteiger partial charge in [0.05, 0.1) is 17.7 Å². The van der Waals surface area contributed by atoms with Gasteiger partial charge >= 0.3 is 0 Å². The van der Waals surface area contributed by atoms with Gasteiger partial charge in [0.2, 0.25) is 0 Å². The molecule has 172 valence electrons. The quantitative estimate of drug-likeness (QED) is 0.386. The van der Waals surface area contributed by atoms with Crippen LogP contribution in [0.2, 0.25) is 0 Å². The number of nitrogens with one attached hydrogen (secondary N) is 1. The SMILES string of the molecule is Cc1c(C(=O)Nc2cc(F)ccc2F)oc2ccc3c(c12)C(=O)CC(C)(c1ccc(F)cc1)O3. The van der Waals surface area contributed by atoms with Gasteiger partial charge < -0.3 is 14.5 Å². The lowest BCUT2D eigenvalue weighted by molar-refractivity contribution is 0.0507. The molecule has 1 aromatic heterocycles. The highest BCUT2D eigenvalue weighted by molar-refractivity contribution is 6.14. The number of anilines is 1. The highest BCUT2D eigenvalue weighted by Crippen LogP contribution is 2.44. The monoisotopic (exact) mass is 465 g/mol. The van der Waals surface area contributed by atoms with Gasteiger partial charge in [-0.05, 0) is 55.8 Å². The molecule has 1 amide bonds. The number of aryl methyl sites for hydroxylation is 1. The molecule has 0 bridgehead atoms. The first-order valence-electron chi connectivity index (χ1n) is 10.5. The van der Waals surface area contributed by atoms with E-state index in [1.807, 2.05) is 0 Å². The minimum atomic E-state index is -1.00. The number of hydrogen-bond acceptors (Lipinski definition) is 4. The maximum atomic E-state index is 14.0. The zero-order valence-electron chi connectivity index (χ0n) is 18.2. The summed E-state index contributed by atoms with van der Waals surface area (Å²) >= 11 is 0. The molecular weight excluding hydrogens is 447 g/mol. The number of carbonyl (C=O) groups is 2. The first-order valence-corrected chi connectivity index (χ1v) is 10.5. The number of Topliss-reactive ketones (excluding diaryl/α,β-unsaturated/α-hetero) is 1. The predicted octanol–water partition coefficient (Wildman–Crippen LogP) is 6.29. The van der Waals surface area contributed by atoms with Crippen LogP contribution in [0.15, 0.2) is 59.0 Å². The number of furan rings is 1. The molecule has 0 saturated heterocycles. The average molecular weight is 465 g/mol.